The molecular weight excluding hydrogens is 353 g/mol. The highest BCUT2D eigenvalue weighted by molar-refractivity contribution is 5.48. The van der Waals surface area contributed by atoms with Crippen molar-refractivity contribution in [1.82, 2.24) is 14.6 Å². The minimum absolute atomic E-state index is 0.194. The highest BCUT2D eigenvalue weighted by Crippen LogP contribution is 2.60. The average Bonchev–Trinajstić information content (AvgIpc) is 3.12. The third-order valence-corrected chi connectivity index (χ3v) is 7.25. The Bertz CT molecular complexity index is 1010. The Balaban J connectivity index is 1.35. The van der Waals surface area contributed by atoms with Crippen LogP contribution in [0.3, 0.4) is 0 Å². The van der Waals surface area contributed by atoms with E-state index in [-0.39, 0.29) is 23.6 Å². The molecule has 28 heavy (non-hydrogen) atoms. The molecule has 4 saturated carbocycles. The lowest BCUT2D eigenvalue weighted by Crippen LogP contribution is -2.49. The third-order valence-electron chi connectivity index (χ3n) is 7.25. The van der Waals surface area contributed by atoms with Crippen molar-refractivity contribution in [2.75, 3.05) is 0 Å². The van der Waals surface area contributed by atoms with Crippen LogP contribution in [0.15, 0.2) is 42.6 Å². The summed E-state index contributed by atoms with van der Waals surface area (Å²) in [6, 6.07) is 10.5. The molecule has 7 rings (SSSR count). The Labute approximate surface area is 163 Å². The zero-order chi connectivity index (χ0) is 18.7. The molecule has 144 valence electrons. The quantitative estimate of drug-likeness (QED) is 0.648. The van der Waals surface area contributed by atoms with Gasteiger partial charge in [0.1, 0.15) is 12.4 Å². The van der Waals surface area contributed by atoms with E-state index in [9.17, 15) is 4.39 Å². The van der Waals surface area contributed by atoms with Gasteiger partial charge in [-0.05, 0) is 74.5 Å². The van der Waals surface area contributed by atoms with Crippen LogP contribution in [0.1, 0.15) is 49.9 Å². The maximum absolute atomic E-state index is 13.9. The van der Waals surface area contributed by atoms with Crippen molar-refractivity contribution in [2.24, 2.45) is 17.8 Å². The molecule has 4 nitrogen and oxygen atoms in total. The van der Waals surface area contributed by atoms with Crippen LogP contribution >= 0.6 is 0 Å². The number of fused-ring (bicyclic) bond motifs is 1. The van der Waals surface area contributed by atoms with E-state index in [4.69, 9.17) is 9.84 Å². The number of pyridine rings is 1. The first-order valence-electron chi connectivity index (χ1n) is 10.4. The van der Waals surface area contributed by atoms with Crippen LogP contribution in [-0.2, 0) is 12.0 Å². The van der Waals surface area contributed by atoms with Crippen LogP contribution in [0, 0.1) is 23.6 Å². The summed E-state index contributed by atoms with van der Waals surface area (Å²) in [7, 11) is 0. The lowest BCUT2D eigenvalue weighted by atomic mass is 9.49. The normalized spacial score (nSPS) is 30.8. The van der Waals surface area contributed by atoms with Gasteiger partial charge in [0, 0.05) is 17.2 Å². The molecule has 0 atom stereocenters. The van der Waals surface area contributed by atoms with Gasteiger partial charge < -0.3 is 4.74 Å². The van der Waals surface area contributed by atoms with Crippen molar-refractivity contribution in [2.45, 2.75) is 50.5 Å². The van der Waals surface area contributed by atoms with Gasteiger partial charge >= 0.3 is 0 Å². The fraction of sp³-hybridized carbons (Fsp3) is 0.478. The second-order valence-corrected chi connectivity index (χ2v) is 9.17. The van der Waals surface area contributed by atoms with Crippen molar-refractivity contribution in [3.05, 3.63) is 59.8 Å². The monoisotopic (exact) mass is 377 g/mol. The maximum Gasteiger partial charge on any atom is 0.167 e. The number of hydrogen-bond acceptors (Lipinski definition) is 3. The van der Waals surface area contributed by atoms with Crippen LogP contribution in [0.4, 0.5) is 4.39 Å². The second-order valence-electron chi connectivity index (χ2n) is 9.17. The van der Waals surface area contributed by atoms with Gasteiger partial charge in [-0.1, -0.05) is 18.2 Å². The SMILES string of the molecule is Fc1ccccc1OCc1cccn2c(C34CC5CC(CC(C5)C3)C4)nnc12. The number of nitrogens with zero attached hydrogens (tertiary/aromatic N) is 3. The summed E-state index contributed by atoms with van der Waals surface area (Å²) in [4.78, 5) is 0. The Morgan fingerprint density at radius 1 is 0.964 bits per heavy atom. The third kappa shape index (κ3) is 2.48. The minimum atomic E-state index is -0.342. The van der Waals surface area contributed by atoms with Gasteiger partial charge in [0.25, 0.3) is 0 Å². The van der Waals surface area contributed by atoms with Gasteiger partial charge in [-0.25, -0.2) is 4.39 Å². The molecular formula is C23H24FN3O. The number of rotatable bonds is 4. The van der Waals surface area contributed by atoms with Crippen LogP contribution < -0.4 is 4.74 Å². The summed E-state index contributed by atoms with van der Waals surface area (Å²) in [6.45, 7) is 0.282. The van der Waals surface area contributed by atoms with E-state index >= 15 is 0 Å². The Morgan fingerprint density at radius 3 is 2.39 bits per heavy atom. The zero-order valence-electron chi connectivity index (χ0n) is 15.9. The minimum Gasteiger partial charge on any atom is -0.486 e. The van der Waals surface area contributed by atoms with Crippen LogP contribution in [0.2, 0.25) is 0 Å². The van der Waals surface area contributed by atoms with Gasteiger partial charge in [-0.15, -0.1) is 10.2 Å². The Morgan fingerprint density at radius 2 is 1.68 bits per heavy atom. The summed E-state index contributed by atoms with van der Waals surface area (Å²) in [5.41, 5.74) is 1.97. The second kappa shape index (κ2) is 6.03. The smallest absolute Gasteiger partial charge is 0.167 e. The standard InChI is InChI=1S/C23H24FN3O/c24-19-5-1-2-6-20(19)28-14-18-4-3-7-27-21(18)25-26-22(27)23-11-15-8-16(12-23)10-17(9-15)13-23/h1-7,15-17H,8-14H2. The van der Waals surface area contributed by atoms with Gasteiger partial charge in [0.2, 0.25) is 0 Å². The van der Waals surface area contributed by atoms with E-state index in [0.717, 1.165) is 34.8 Å². The van der Waals surface area contributed by atoms with E-state index in [1.54, 1.807) is 18.2 Å². The largest absolute Gasteiger partial charge is 0.486 e. The molecule has 3 aromatic rings. The van der Waals surface area contributed by atoms with Crippen molar-refractivity contribution < 1.29 is 9.13 Å². The van der Waals surface area contributed by atoms with Crippen LogP contribution in [0.5, 0.6) is 5.75 Å². The summed E-state index contributed by atoms with van der Waals surface area (Å²) < 4.78 is 21.8. The number of halogens is 1. The van der Waals surface area contributed by atoms with E-state index in [1.165, 1.54) is 44.6 Å². The topological polar surface area (TPSA) is 39.4 Å². The number of hydrogen-bond donors (Lipinski definition) is 0. The molecule has 0 saturated heterocycles. The lowest BCUT2D eigenvalue weighted by molar-refractivity contribution is -0.00984. The van der Waals surface area contributed by atoms with Gasteiger partial charge in [-0.3, -0.25) is 4.40 Å². The van der Waals surface area contributed by atoms with Crippen molar-refractivity contribution in [3.63, 3.8) is 0 Å². The summed E-state index contributed by atoms with van der Waals surface area (Å²) in [6.07, 6.45) is 10.1. The number of ether oxygens (including phenoxy) is 1. The Hall–Kier alpha value is -2.43. The first-order valence-corrected chi connectivity index (χ1v) is 10.4. The lowest BCUT2D eigenvalue weighted by Gasteiger charge is -2.55. The zero-order valence-corrected chi connectivity index (χ0v) is 15.9. The highest BCUT2D eigenvalue weighted by Gasteiger charge is 2.53. The van der Waals surface area contributed by atoms with Crippen LogP contribution in [-0.4, -0.2) is 14.6 Å². The highest BCUT2D eigenvalue weighted by atomic mass is 19.1. The van der Waals surface area contributed by atoms with E-state index in [1.807, 2.05) is 12.1 Å². The van der Waals surface area contributed by atoms with Crippen LogP contribution in [0.25, 0.3) is 5.65 Å². The molecule has 4 aliphatic carbocycles. The molecule has 2 heterocycles. The summed E-state index contributed by atoms with van der Waals surface area (Å²) in [5.74, 6) is 3.66. The molecule has 5 heteroatoms. The van der Waals surface area contributed by atoms with Crippen molar-refractivity contribution in [1.29, 1.82) is 0 Å². The molecule has 0 radical (unpaired) electrons. The predicted octanol–water partition coefficient (Wildman–Crippen LogP) is 4.92. The van der Waals surface area contributed by atoms with Crippen molar-refractivity contribution >= 4 is 5.65 Å². The predicted molar refractivity (Wildman–Crippen MR) is 104 cm³/mol. The van der Waals surface area contributed by atoms with Gasteiger partial charge in [0.05, 0.1) is 0 Å². The fourth-order valence-electron chi connectivity index (χ4n) is 6.55. The van der Waals surface area contributed by atoms with E-state index in [2.05, 4.69) is 15.7 Å². The molecule has 2 aromatic heterocycles. The number of benzene rings is 1. The van der Waals surface area contributed by atoms with Gasteiger partial charge in [0.15, 0.2) is 17.2 Å². The molecule has 0 aliphatic heterocycles. The van der Waals surface area contributed by atoms with Crippen molar-refractivity contribution in [3.8, 4) is 5.75 Å². The molecule has 0 N–H and O–H groups in total. The first kappa shape index (κ1) is 16.5. The maximum atomic E-state index is 13.9. The van der Waals surface area contributed by atoms with E-state index in [0.29, 0.717) is 0 Å². The average molecular weight is 377 g/mol. The molecule has 0 unspecified atom stereocenters. The molecule has 0 spiro atoms. The van der Waals surface area contributed by atoms with E-state index < -0.39 is 0 Å². The summed E-state index contributed by atoms with van der Waals surface area (Å²) in [5, 5.41) is 9.25. The Kier molecular flexibility index (Phi) is 3.56. The molecule has 4 aliphatic rings. The number of para-hydroxylation sites is 1. The first-order chi connectivity index (χ1) is 13.7. The van der Waals surface area contributed by atoms with Gasteiger partial charge in [-0.2, -0.15) is 0 Å². The molecule has 0 amide bonds. The summed E-state index contributed by atoms with van der Waals surface area (Å²) >= 11 is 0. The molecule has 4 fully saturated rings. The number of aromatic nitrogens is 3. The fourth-order valence-corrected chi connectivity index (χ4v) is 6.55. The molecule has 4 bridgehead atoms. The molecule has 1 aromatic carbocycles.